The molecule has 19 heavy (non-hydrogen) atoms. The van der Waals surface area contributed by atoms with Crippen LogP contribution in [-0.2, 0) is 6.18 Å². The molecule has 0 amide bonds. The van der Waals surface area contributed by atoms with Crippen LogP contribution in [0.25, 0.3) is 0 Å². The van der Waals surface area contributed by atoms with E-state index in [1.807, 2.05) is 0 Å². The Morgan fingerprint density at radius 1 is 0.842 bits per heavy atom. The summed E-state index contributed by atoms with van der Waals surface area (Å²) in [6.07, 6.45) is -14.9. The molecule has 0 aliphatic heterocycles. The lowest BCUT2D eigenvalue weighted by molar-refractivity contribution is -0.315. The van der Waals surface area contributed by atoms with Crippen molar-refractivity contribution in [3.05, 3.63) is 35.4 Å². The number of aliphatic hydroxyl groups is 1. The monoisotopic (exact) mass is 294 g/mol. The molecule has 0 saturated carbocycles. The Morgan fingerprint density at radius 3 is 1.74 bits per heavy atom. The van der Waals surface area contributed by atoms with Gasteiger partial charge in [0, 0.05) is 0 Å². The van der Waals surface area contributed by atoms with Gasteiger partial charge >= 0.3 is 18.3 Å². The molecule has 1 aromatic carbocycles. The van der Waals surface area contributed by atoms with Crippen molar-refractivity contribution in [3.8, 4) is 0 Å². The fraction of sp³-hybridized carbons (Fsp3) is 0.400. The summed E-state index contributed by atoms with van der Waals surface area (Å²) >= 11 is 0. The summed E-state index contributed by atoms with van der Waals surface area (Å²) in [4.78, 5) is 0. The molecule has 0 bridgehead atoms. The van der Waals surface area contributed by atoms with Crippen molar-refractivity contribution in [2.24, 2.45) is 0 Å². The molecule has 0 spiro atoms. The number of halogens is 8. The number of rotatable bonds is 2. The van der Waals surface area contributed by atoms with Crippen LogP contribution in [0.1, 0.15) is 17.2 Å². The molecule has 1 aromatic rings. The van der Waals surface area contributed by atoms with Crippen molar-refractivity contribution < 1.29 is 40.2 Å². The van der Waals surface area contributed by atoms with Crippen molar-refractivity contribution in [1.29, 1.82) is 0 Å². The van der Waals surface area contributed by atoms with Crippen molar-refractivity contribution in [2.45, 2.75) is 24.4 Å². The fourth-order valence-electron chi connectivity index (χ4n) is 1.34. The van der Waals surface area contributed by atoms with Gasteiger partial charge in [0.1, 0.15) is 0 Å². The van der Waals surface area contributed by atoms with Crippen LogP contribution in [0.4, 0.5) is 35.1 Å². The van der Waals surface area contributed by atoms with Crippen LogP contribution in [0.5, 0.6) is 0 Å². The van der Waals surface area contributed by atoms with Gasteiger partial charge in [-0.3, -0.25) is 0 Å². The number of benzene rings is 1. The first kappa shape index (κ1) is 15.7. The molecule has 1 N–H and O–H groups in total. The Morgan fingerprint density at radius 2 is 1.32 bits per heavy atom. The number of hydrogen-bond donors (Lipinski definition) is 1. The highest BCUT2D eigenvalue weighted by Crippen LogP contribution is 2.46. The van der Waals surface area contributed by atoms with E-state index in [1.54, 1.807) is 0 Å². The Labute approximate surface area is 101 Å². The van der Waals surface area contributed by atoms with Crippen LogP contribution >= 0.6 is 0 Å². The third-order valence-corrected chi connectivity index (χ3v) is 2.28. The summed E-state index contributed by atoms with van der Waals surface area (Å²) in [7, 11) is 0. The molecular formula is C10H6F8O. The number of hydrogen-bond acceptors (Lipinski definition) is 1. The minimum atomic E-state index is -6.16. The highest BCUT2D eigenvalue weighted by Gasteiger charge is 2.63. The first-order chi connectivity index (χ1) is 8.39. The van der Waals surface area contributed by atoms with Crippen LogP contribution in [0.15, 0.2) is 24.3 Å². The van der Waals surface area contributed by atoms with Crippen molar-refractivity contribution in [1.82, 2.24) is 0 Å². The van der Waals surface area contributed by atoms with E-state index in [1.165, 1.54) is 0 Å². The van der Waals surface area contributed by atoms with Crippen molar-refractivity contribution >= 4 is 0 Å². The van der Waals surface area contributed by atoms with Crippen molar-refractivity contribution in [3.63, 3.8) is 0 Å². The lowest BCUT2D eigenvalue weighted by Crippen LogP contribution is -2.42. The SMILES string of the molecule is OC(c1ccccc1C(F)(F)F)C(F)(F)C(F)(F)F. The standard InChI is InChI=1S/C10H6F8O/c11-8(12,10(16,17)18)7(19)5-3-1-2-4-6(5)9(13,14)15/h1-4,7,19H. The smallest absolute Gasteiger partial charge is 0.382 e. The molecule has 0 fully saturated rings. The van der Waals surface area contributed by atoms with Crippen LogP contribution in [0, 0.1) is 0 Å². The zero-order valence-electron chi connectivity index (χ0n) is 8.86. The minimum absolute atomic E-state index is 0.311. The van der Waals surface area contributed by atoms with Gasteiger partial charge in [-0.05, 0) is 11.6 Å². The second kappa shape index (κ2) is 4.62. The summed E-state index contributed by atoms with van der Waals surface area (Å²) < 4.78 is 99.1. The average molecular weight is 294 g/mol. The Balaban J connectivity index is 3.32. The maximum Gasteiger partial charge on any atom is 0.456 e. The molecule has 1 rings (SSSR count). The Kier molecular flexibility index (Phi) is 3.81. The molecule has 0 radical (unpaired) electrons. The van der Waals surface area contributed by atoms with Gasteiger partial charge in [-0.2, -0.15) is 35.1 Å². The molecule has 1 nitrogen and oxygen atoms in total. The number of alkyl halides is 8. The maximum atomic E-state index is 12.8. The van der Waals surface area contributed by atoms with E-state index in [4.69, 9.17) is 5.11 Å². The van der Waals surface area contributed by atoms with E-state index in [9.17, 15) is 35.1 Å². The van der Waals surface area contributed by atoms with Crippen LogP contribution in [0.2, 0.25) is 0 Å². The van der Waals surface area contributed by atoms with Crippen LogP contribution < -0.4 is 0 Å². The summed E-state index contributed by atoms with van der Waals surface area (Å²) in [5.41, 5.74) is -3.27. The van der Waals surface area contributed by atoms with Gasteiger partial charge in [0.15, 0.2) is 6.10 Å². The molecule has 0 saturated heterocycles. The normalized spacial score (nSPS) is 15.4. The lowest BCUT2D eigenvalue weighted by Gasteiger charge is -2.26. The van der Waals surface area contributed by atoms with Gasteiger partial charge in [0.25, 0.3) is 0 Å². The molecule has 0 aliphatic rings. The fourth-order valence-corrected chi connectivity index (χ4v) is 1.34. The van der Waals surface area contributed by atoms with Crippen molar-refractivity contribution in [2.75, 3.05) is 0 Å². The third kappa shape index (κ3) is 2.96. The highest BCUT2D eigenvalue weighted by atomic mass is 19.4. The van der Waals surface area contributed by atoms with Gasteiger partial charge in [0.2, 0.25) is 0 Å². The predicted octanol–water partition coefficient (Wildman–Crippen LogP) is 3.94. The molecular weight excluding hydrogens is 288 g/mol. The summed E-state index contributed by atoms with van der Waals surface area (Å²) in [6, 6.07) is 2.31. The first-order valence-corrected chi connectivity index (χ1v) is 4.67. The van der Waals surface area contributed by atoms with E-state index < -0.39 is 35.5 Å². The van der Waals surface area contributed by atoms with Crippen LogP contribution in [-0.4, -0.2) is 17.2 Å². The average Bonchev–Trinajstić information content (AvgIpc) is 2.25. The van der Waals surface area contributed by atoms with E-state index in [2.05, 4.69) is 0 Å². The summed E-state index contributed by atoms with van der Waals surface area (Å²) in [5.74, 6) is -5.69. The Hall–Kier alpha value is -1.38. The molecule has 108 valence electrons. The molecule has 9 heteroatoms. The molecule has 1 atom stereocenters. The summed E-state index contributed by atoms with van der Waals surface area (Å²) in [5, 5.41) is 8.96. The highest BCUT2D eigenvalue weighted by molar-refractivity contribution is 5.33. The predicted molar refractivity (Wildman–Crippen MR) is 47.4 cm³/mol. The zero-order valence-corrected chi connectivity index (χ0v) is 8.86. The van der Waals surface area contributed by atoms with Gasteiger partial charge < -0.3 is 5.11 Å². The van der Waals surface area contributed by atoms with Gasteiger partial charge in [-0.1, -0.05) is 18.2 Å². The minimum Gasteiger partial charge on any atom is -0.382 e. The quantitative estimate of drug-likeness (QED) is 0.819. The van der Waals surface area contributed by atoms with E-state index in [0.717, 1.165) is 12.1 Å². The second-order valence-electron chi connectivity index (χ2n) is 3.61. The maximum absolute atomic E-state index is 12.8. The molecule has 1 unspecified atom stereocenters. The topological polar surface area (TPSA) is 20.2 Å². The first-order valence-electron chi connectivity index (χ1n) is 4.67. The molecule has 0 aliphatic carbocycles. The van der Waals surface area contributed by atoms with Gasteiger partial charge in [-0.15, -0.1) is 0 Å². The van der Waals surface area contributed by atoms with Gasteiger partial charge in [-0.25, -0.2) is 0 Å². The zero-order chi connectivity index (χ0) is 15.1. The number of aliphatic hydroxyl groups excluding tert-OH is 1. The molecule has 0 aromatic heterocycles. The summed E-state index contributed by atoms with van der Waals surface area (Å²) in [6.45, 7) is 0. The third-order valence-electron chi connectivity index (χ3n) is 2.28. The van der Waals surface area contributed by atoms with Gasteiger partial charge in [0.05, 0.1) is 5.56 Å². The second-order valence-corrected chi connectivity index (χ2v) is 3.61. The lowest BCUT2D eigenvalue weighted by atomic mass is 9.97. The van der Waals surface area contributed by atoms with E-state index in [0.29, 0.717) is 12.1 Å². The Bertz CT molecular complexity index is 448. The largest absolute Gasteiger partial charge is 0.456 e. The van der Waals surface area contributed by atoms with E-state index in [-0.39, 0.29) is 0 Å². The molecule has 0 heterocycles. The van der Waals surface area contributed by atoms with Crippen LogP contribution in [0.3, 0.4) is 0 Å². The van der Waals surface area contributed by atoms with E-state index >= 15 is 0 Å².